The Morgan fingerprint density at radius 2 is 1.93 bits per heavy atom. The molecule has 0 saturated heterocycles. The second-order valence-electron chi connectivity index (χ2n) is 8.03. The smallest absolute Gasteiger partial charge is 0.178 e. The van der Waals surface area contributed by atoms with Gasteiger partial charge in [-0.15, -0.1) is 0 Å². The van der Waals surface area contributed by atoms with E-state index in [1.165, 1.54) is 61.4 Å². The van der Waals surface area contributed by atoms with Gasteiger partial charge in [0.05, 0.1) is 5.52 Å². The SMILES string of the molecule is Cc1nc2nccc(-c3cc4cc(CCC5CCCCC5)ccc4[nH]3)c2[nH]1. The molecule has 0 radical (unpaired) electrons. The molecule has 0 unspecified atom stereocenters. The normalized spacial score (nSPS) is 15.7. The van der Waals surface area contributed by atoms with Gasteiger partial charge in [-0.05, 0) is 55.5 Å². The average Bonchev–Trinajstić information content (AvgIpc) is 3.28. The molecular weight excluding hydrogens is 332 g/mol. The summed E-state index contributed by atoms with van der Waals surface area (Å²) in [4.78, 5) is 15.7. The van der Waals surface area contributed by atoms with Crippen LogP contribution in [0.3, 0.4) is 0 Å². The highest BCUT2D eigenvalue weighted by atomic mass is 15.0. The molecule has 0 amide bonds. The van der Waals surface area contributed by atoms with Gasteiger partial charge in [-0.3, -0.25) is 0 Å². The van der Waals surface area contributed by atoms with Crippen molar-refractivity contribution in [2.75, 3.05) is 0 Å². The number of hydrogen-bond donors (Lipinski definition) is 2. The van der Waals surface area contributed by atoms with E-state index in [2.05, 4.69) is 50.3 Å². The van der Waals surface area contributed by atoms with Gasteiger partial charge in [-0.1, -0.05) is 38.2 Å². The van der Waals surface area contributed by atoms with Gasteiger partial charge in [0.1, 0.15) is 5.82 Å². The number of H-pyrrole nitrogens is 2. The molecule has 1 saturated carbocycles. The fourth-order valence-corrected chi connectivity index (χ4v) is 4.58. The number of nitrogens with zero attached hydrogens (tertiary/aromatic N) is 2. The van der Waals surface area contributed by atoms with Crippen molar-refractivity contribution in [2.45, 2.75) is 51.9 Å². The monoisotopic (exact) mass is 358 g/mol. The Hall–Kier alpha value is -2.62. The number of pyridine rings is 1. The van der Waals surface area contributed by atoms with Crippen LogP contribution in [0.2, 0.25) is 0 Å². The molecule has 1 fully saturated rings. The summed E-state index contributed by atoms with van der Waals surface area (Å²) >= 11 is 0. The Kier molecular flexibility index (Phi) is 4.19. The van der Waals surface area contributed by atoms with Crippen LogP contribution in [0.25, 0.3) is 33.3 Å². The second kappa shape index (κ2) is 6.84. The van der Waals surface area contributed by atoms with Gasteiger partial charge in [-0.2, -0.15) is 0 Å². The molecule has 5 rings (SSSR count). The third kappa shape index (κ3) is 3.25. The number of nitrogens with one attached hydrogen (secondary N) is 2. The van der Waals surface area contributed by atoms with Crippen LogP contribution < -0.4 is 0 Å². The molecule has 0 spiro atoms. The first-order valence-corrected chi connectivity index (χ1v) is 10.2. The summed E-state index contributed by atoms with van der Waals surface area (Å²) < 4.78 is 0. The van der Waals surface area contributed by atoms with Crippen LogP contribution >= 0.6 is 0 Å². The minimum Gasteiger partial charge on any atom is -0.354 e. The third-order valence-electron chi connectivity index (χ3n) is 6.05. The molecule has 0 bridgehead atoms. The van der Waals surface area contributed by atoms with E-state index in [1.54, 1.807) is 0 Å². The zero-order valence-corrected chi connectivity index (χ0v) is 15.9. The maximum absolute atomic E-state index is 4.46. The van der Waals surface area contributed by atoms with Gasteiger partial charge >= 0.3 is 0 Å². The van der Waals surface area contributed by atoms with E-state index < -0.39 is 0 Å². The largest absolute Gasteiger partial charge is 0.354 e. The van der Waals surface area contributed by atoms with E-state index in [4.69, 9.17) is 0 Å². The lowest BCUT2D eigenvalue weighted by Gasteiger charge is -2.21. The highest BCUT2D eigenvalue weighted by Gasteiger charge is 2.14. The minimum absolute atomic E-state index is 0.775. The predicted octanol–water partition coefficient (Wildman–Crippen LogP) is 5.93. The quantitative estimate of drug-likeness (QED) is 0.475. The molecular formula is C23H26N4. The van der Waals surface area contributed by atoms with Crippen molar-refractivity contribution in [1.82, 2.24) is 19.9 Å². The number of aryl methyl sites for hydroxylation is 2. The number of fused-ring (bicyclic) bond motifs is 2. The molecule has 3 heterocycles. The molecule has 3 aromatic heterocycles. The highest BCUT2D eigenvalue weighted by molar-refractivity contribution is 5.94. The fraction of sp³-hybridized carbons (Fsp3) is 0.391. The Labute approximate surface area is 159 Å². The number of rotatable bonds is 4. The van der Waals surface area contributed by atoms with Crippen LogP contribution in [0.5, 0.6) is 0 Å². The van der Waals surface area contributed by atoms with Crippen LogP contribution in [0, 0.1) is 12.8 Å². The summed E-state index contributed by atoms with van der Waals surface area (Å²) in [5.41, 5.74) is 6.66. The lowest BCUT2D eigenvalue weighted by atomic mass is 9.85. The zero-order valence-electron chi connectivity index (χ0n) is 15.9. The summed E-state index contributed by atoms with van der Waals surface area (Å²) in [7, 11) is 0. The third-order valence-corrected chi connectivity index (χ3v) is 6.05. The van der Waals surface area contributed by atoms with Crippen molar-refractivity contribution in [3.8, 4) is 11.3 Å². The standard InChI is InChI=1S/C23H26N4/c1-15-25-22-19(11-12-24-23(22)26-15)21-14-18-13-17(9-10-20(18)27-21)8-7-16-5-3-2-4-6-16/h9-14,16,27H,2-8H2,1H3,(H,24,25,26). The summed E-state index contributed by atoms with van der Waals surface area (Å²) in [6.45, 7) is 1.97. The first-order chi connectivity index (χ1) is 13.3. The van der Waals surface area contributed by atoms with Crippen molar-refractivity contribution < 1.29 is 0 Å². The van der Waals surface area contributed by atoms with Gasteiger partial charge in [0.25, 0.3) is 0 Å². The number of hydrogen-bond acceptors (Lipinski definition) is 2. The van der Waals surface area contributed by atoms with Crippen LogP contribution in [0.4, 0.5) is 0 Å². The van der Waals surface area contributed by atoms with Crippen molar-refractivity contribution in [3.05, 3.63) is 47.9 Å². The summed E-state index contributed by atoms with van der Waals surface area (Å²) in [6, 6.07) is 11.2. The number of aromatic nitrogens is 4. The van der Waals surface area contributed by atoms with Crippen molar-refractivity contribution >= 4 is 22.1 Å². The highest BCUT2D eigenvalue weighted by Crippen LogP contribution is 2.31. The molecule has 4 heteroatoms. The number of benzene rings is 1. The van der Waals surface area contributed by atoms with E-state index in [1.807, 2.05) is 13.1 Å². The van der Waals surface area contributed by atoms with Gasteiger partial charge in [-0.25, -0.2) is 9.97 Å². The van der Waals surface area contributed by atoms with Crippen LogP contribution in [-0.4, -0.2) is 19.9 Å². The first kappa shape index (κ1) is 16.5. The molecule has 27 heavy (non-hydrogen) atoms. The first-order valence-electron chi connectivity index (χ1n) is 10.2. The lowest BCUT2D eigenvalue weighted by Crippen LogP contribution is -2.07. The molecule has 4 nitrogen and oxygen atoms in total. The fourth-order valence-electron chi connectivity index (χ4n) is 4.58. The maximum Gasteiger partial charge on any atom is 0.178 e. The van der Waals surface area contributed by atoms with Crippen LogP contribution in [0.1, 0.15) is 49.9 Å². The molecule has 2 N–H and O–H groups in total. The van der Waals surface area contributed by atoms with Gasteiger partial charge in [0.15, 0.2) is 5.65 Å². The second-order valence-corrected chi connectivity index (χ2v) is 8.03. The molecule has 0 aliphatic heterocycles. The van der Waals surface area contributed by atoms with E-state index in [0.717, 1.165) is 34.2 Å². The Morgan fingerprint density at radius 1 is 1.04 bits per heavy atom. The predicted molar refractivity (Wildman–Crippen MR) is 111 cm³/mol. The van der Waals surface area contributed by atoms with Crippen LogP contribution in [0.15, 0.2) is 36.5 Å². The molecule has 4 aromatic rings. The maximum atomic E-state index is 4.46. The molecule has 1 aliphatic carbocycles. The van der Waals surface area contributed by atoms with Gasteiger partial charge < -0.3 is 9.97 Å². The van der Waals surface area contributed by atoms with Crippen LogP contribution in [-0.2, 0) is 6.42 Å². The molecule has 1 aliphatic rings. The van der Waals surface area contributed by atoms with E-state index in [0.29, 0.717) is 0 Å². The topological polar surface area (TPSA) is 57.4 Å². The van der Waals surface area contributed by atoms with Gasteiger partial charge in [0, 0.05) is 28.4 Å². The Bertz CT molecular complexity index is 1080. The summed E-state index contributed by atoms with van der Waals surface area (Å²) in [6.07, 6.45) is 11.5. The zero-order chi connectivity index (χ0) is 18.2. The van der Waals surface area contributed by atoms with Crippen molar-refractivity contribution in [2.24, 2.45) is 5.92 Å². The van der Waals surface area contributed by atoms with Crippen molar-refractivity contribution in [1.29, 1.82) is 0 Å². The average molecular weight is 358 g/mol. The van der Waals surface area contributed by atoms with E-state index in [9.17, 15) is 0 Å². The van der Waals surface area contributed by atoms with E-state index >= 15 is 0 Å². The van der Waals surface area contributed by atoms with Crippen molar-refractivity contribution in [3.63, 3.8) is 0 Å². The summed E-state index contributed by atoms with van der Waals surface area (Å²) in [5.74, 6) is 1.83. The molecule has 1 aromatic carbocycles. The van der Waals surface area contributed by atoms with E-state index in [-0.39, 0.29) is 0 Å². The molecule has 138 valence electrons. The number of aromatic amines is 2. The Morgan fingerprint density at radius 3 is 2.81 bits per heavy atom. The van der Waals surface area contributed by atoms with Gasteiger partial charge in [0.2, 0.25) is 0 Å². The summed E-state index contributed by atoms with van der Waals surface area (Å²) in [5, 5.41) is 1.28. The lowest BCUT2D eigenvalue weighted by molar-refractivity contribution is 0.339. The number of imidazole rings is 1. The Balaban J connectivity index is 1.43. The minimum atomic E-state index is 0.775. The molecule has 0 atom stereocenters.